The van der Waals surface area contributed by atoms with E-state index in [0.29, 0.717) is 4.88 Å². The van der Waals surface area contributed by atoms with Crippen molar-refractivity contribution >= 4 is 38.9 Å². The van der Waals surface area contributed by atoms with E-state index in [9.17, 15) is 4.79 Å². The van der Waals surface area contributed by atoms with Gasteiger partial charge in [0.25, 0.3) is 5.91 Å². The number of aromatic nitrogens is 4. The Balaban J connectivity index is 1.74. The molecule has 0 unspecified atom stereocenters. The van der Waals surface area contributed by atoms with Crippen LogP contribution in [-0.2, 0) is 0 Å². The number of thiophene rings is 1. The maximum Gasteiger partial charge on any atom is 0.265 e. The van der Waals surface area contributed by atoms with Crippen molar-refractivity contribution in [3.8, 4) is 5.69 Å². The van der Waals surface area contributed by atoms with E-state index in [1.807, 2.05) is 37.3 Å². The summed E-state index contributed by atoms with van der Waals surface area (Å²) in [6.07, 6.45) is 1.51. The molecule has 0 aliphatic rings. The summed E-state index contributed by atoms with van der Waals surface area (Å²) in [5, 5.41) is 13.8. The van der Waals surface area contributed by atoms with E-state index in [0.717, 1.165) is 20.7 Å². The summed E-state index contributed by atoms with van der Waals surface area (Å²) in [7, 11) is 0. The van der Waals surface area contributed by atoms with Crippen molar-refractivity contribution in [3.63, 3.8) is 0 Å². The lowest BCUT2D eigenvalue weighted by Gasteiger charge is -2.04. The first kappa shape index (κ1) is 13.9. The minimum Gasteiger partial charge on any atom is -0.321 e. The van der Waals surface area contributed by atoms with Crippen LogP contribution in [-0.4, -0.2) is 26.1 Å². The Morgan fingerprint density at radius 3 is 2.67 bits per heavy atom. The monoisotopic (exact) mass is 363 g/mol. The molecule has 8 heteroatoms. The van der Waals surface area contributed by atoms with Crippen LogP contribution in [0.4, 0.5) is 5.69 Å². The second-order valence-corrected chi connectivity index (χ2v) is 6.69. The van der Waals surface area contributed by atoms with Gasteiger partial charge in [0.2, 0.25) is 0 Å². The molecule has 0 aliphatic carbocycles. The van der Waals surface area contributed by atoms with Gasteiger partial charge in [0.15, 0.2) is 0 Å². The van der Waals surface area contributed by atoms with Crippen LogP contribution in [0.25, 0.3) is 5.69 Å². The van der Waals surface area contributed by atoms with Crippen LogP contribution < -0.4 is 5.32 Å². The van der Waals surface area contributed by atoms with Crippen LogP contribution in [0.5, 0.6) is 0 Å². The summed E-state index contributed by atoms with van der Waals surface area (Å²) >= 11 is 4.84. The van der Waals surface area contributed by atoms with Crippen LogP contribution >= 0.6 is 27.3 Å². The molecule has 0 spiro atoms. The van der Waals surface area contributed by atoms with Crippen molar-refractivity contribution in [2.45, 2.75) is 6.92 Å². The SMILES string of the molecule is Cc1cc(C(=O)Nc2ccc(-n3cnnn3)cc2)sc1Br. The Bertz CT molecular complexity index is 747. The zero-order chi connectivity index (χ0) is 14.8. The Hall–Kier alpha value is -2.06. The summed E-state index contributed by atoms with van der Waals surface area (Å²) in [6.45, 7) is 1.96. The number of hydrogen-bond donors (Lipinski definition) is 1. The van der Waals surface area contributed by atoms with Crippen molar-refractivity contribution in [2.75, 3.05) is 5.32 Å². The summed E-state index contributed by atoms with van der Waals surface area (Å²) < 4.78 is 2.52. The fourth-order valence-corrected chi connectivity index (χ4v) is 3.17. The lowest BCUT2D eigenvalue weighted by Crippen LogP contribution is -2.10. The molecule has 0 saturated heterocycles. The summed E-state index contributed by atoms with van der Waals surface area (Å²) in [5.74, 6) is -0.121. The highest BCUT2D eigenvalue weighted by molar-refractivity contribution is 9.11. The number of amides is 1. The number of aryl methyl sites for hydroxylation is 1. The largest absolute Gasteiger partial charge is 0.321 e. The lowest BCUT2D eigenvalue weighted by molar-refractivity contribution is 0.103. The lowest BCUT2D eigenvalue weighted by atomic mass is 10.2. The molecule has 2 heterocycles. The van der Waals surface area contributed by atoms with Crippen LogP contribution in [0.2, 0.25) is 0 Å². The van der Waals surface area contributed by atoms with E-state index in [-0.39, 0.29) is 5.91 Å². The first-order valence-corrected chi connectivity index (χ1v) is 7.65. The standard InChI is InChI=1S/C13H10BrN5OS/c1-8-6-11(21-12(8)14)13(20)16-9-2-4-10(5-3-9)19-7-15-17-18-19/h2-7H,1H3,(H,16,20). The number of carbonyl (C=O) groups is 1. The molecule has 1 aromatic carbocycles. The van der Waals surface area contributed by atoms with Gasteiger partial charge < -0.3 is 5.32 Å². The second kappa shape index (κ2) is 5.74. The number of nitrogens with zero attached hydrogens (tertiary/aromatic N) is 4. The van der Waals surface area contributed by atoms with E-state index in [1.165, 1.54) is 17.7 Å². The Morgan fingerprint density at radius 1 is 1.33 bits per heavy atom. The summed E-state index contributed by atoms with van der Waals surface area (Å²) in [5.41, 5.74) is 2.60. The molecular formula is C13H10BrN5OS. The average molecular weight is 364 g/mol. The molecule has 106 valence electrons. The Labute approximate surface area is 132 Å². The highest BCUT2D eigenvalue weighted by Gasteiger charge is 2.11. The minimum absolute atomic E-state index is 0.121. The number of rotatable bonds is 3. The molecule has 0 saturated carbocycles. The van der Waals surface area contributed by atoms with E-state index in [2.05, 4.69) is 36.8 Å². The van der Waals surface area contributed by atoms with Crippen molar-refractivity contribution < 1.29 is 4.79 Å². The third kappa shape index (κ3) is 3.01. The van der Waals surface area contributed by atoms with Gasteiger partial charge in [-0.25, -0.2) is 4.68 Å². The maximum absolute atomic E-state index is 12.1. The first-order chi connectivity index (χ1) is 10.1. The Morgan fingerprint density at radius 2 is 2.10 bits per heavy atom. The molecule has 0 bridgehead atoms. The molecule has 0 fully saturated rings. The first-order valence-electron chi connectivity index (χ1n) is 6.04. The van der Waals surface area contributed by atoms with E-state index in [1.54, 1.807) is 4.68 Å². The van der Waals surface area contributed by atoms with Crippen molar-refractivity contribution in [1.82, 2.24) is 20.2 Å². The number of hydrogen-bond acceptors (Lipinski definition) is 5. The van der Waals surface area contributed by atoms with Gasteiger partial charge in [-0.2, -0.15) is 0 Å². The zero-order valence-electron chi connectivity index (χ0n) is 10.9. The van der Waals surface area contributed by atoms with Gasteiger partial charge in [-0.15, -0.1) is 16.4 Å². The van der Waals surface area contributed by atoms with Gasteiger partial charge in [0.05, 0.1) is 14.4 Å². The third-order valence-electron chi connectivity index (χ3n) is 2.82. The van der Waals surface area contributed by atoms with Gasteiger partial charge in [-0.05, 0) is 69.2 Å². The van der Waals surface area contributed by atoms with Crippen LogP contribution in [0.15, 0.2) is 40.4 Å². The van der Waals surface area contributed by atoms with Crippen LogP contribution in [0.3, 0.4) is 0 Å². The molecule has 0 atom stereocenters. The fourth-order valence-electron chi connectivity index (χ4n) is 1.74. The van der Waals surface area contributed by atoms with Crippen LogP contribution in [0, 0.1) is 6.92 Å². The number of benzene rings is 1. The molecule has 6 nitrogen and oxygen atoms in total. The molecule has 2 aromatic heterocycles. The fraction of sp³-hybridized carbons (Fsp3) is 0.0769. The minimum atomic E-state index is -0.121. The van der Waals surface area contributed by atoms with E-state index in [4.69, 9.17) is 0 Å². The summed E-state index contributed by atoms with van der Waals surface area (Å²) in [6, 6.07) is 9.15. The Kier molecular flexibility index (Phi) is 3.80. The molecule has 0 radical (unpaired) electrons. The zero-order valence-corrected chi connectivity index (χ0v) is 13.3. The molecule has 0 aliphatic heterocycles. The molecule has 21 heavy (non-hydrogen) atoms. The number of tetrazole rings is 1. The smallest absolute Gasteiger partial charge is 0.265 e. The topological polar surface area (TPSA) is 72.7 Å². The quantitative estimate of drug-likeness (QED) is 0.775. The van der Waals surface area contributed by atoms with Gasteiger partial charge in [-0.3, -0.25) is 4.79 Å². The maximum atomic E-state index is 12.1. The van der Waals surface area contributed by atoms with Crippen molar-refractivity contribution in [2.24, 2.45) is 0 Å². The van der Waals surface area contributed by atoms with E-state index >= 15 is 0 Å². The summed E-state index contributed by atoms with van der Waals surface area (Å²) in [4.78, 5) is 12.8. The van der Waals surface area contributed by atoms with Gasteiger partial charge >= 0.3 is 0 Å². The molecule has 3 rings (SSSR count). The number of carbonyl (C=O) groups excluding carboxylic acids is 1. The molecule has 3 aromatic rings. The molecule has 1 N–H and O–H groups in total. The molecule has 1 amide bonds. The van der Waals surface area contributed by atoms with Crippen molar-refractivity contribution in [3.05, 3.63) is 50.9 Å². The third-order valence-corrected chi connectivity index (χ3v) is 4.96. The number of halogens is 1. The normalized spacial score (nSPS) is 10.6. The van der Waals surface area contributed by atoms with Gasteiger partial charge in [-0.1, -0.05) is 0 Å². The van der Waals surface area contributed by atoms with Crippen molar-refractivity contribution in [1.29, 1.82) is 0 Å². The predicted octanol–water partition coefficient (Wildman–Crippen LogP) is 3.05. The highest BCUT2D eigenvalue weighted by Crippen LogP contribution is 2.27. The predicted molar refractivity (Wildman–Crippen MR) is 83.9 cm³/mol. The number of nitrogens with one attached hydrogen (secondary N) is 1. The van der Waals surface area contributed by atoms with Gasteiger partial charge in [0.1, 0.15) is 6.33 Å². The highest BCUT2D eigenvalue weighted by atomic mass is 79.9. The van der Waals surface area contributed by atoms with Gasteiger partial charge in [0, 0.05) is 5.69 Å². The number of anilines is 1. The van der Waals surface area contributed by atoms with E-state index < -0.39 is 0 Å². The van der Waals surface area contributed by atoms with Crippen LogP contribution in [0.1, 0.15) is 15.2 Å². The molecular weight excluding hydrogens is 354 g/mol. The average Bonchev–Trinajstić information content (AvgIpc) is 3.11. The second-order valence-electron chi connectivity index (χ2n) is 4.32.